The Morgan fingerprint density at radius 2 is 1.85 bits per heavy atom. The Labute approximate surface area is 205 Å². The van der Waals surface area contributed by atoms with E-state index in [1.165, 1.54) is 27.8 Å². The van der Waals surface area contributed by atoms with Crippen molar-refractivity contribution in [2.24, 2.45) is 0 Å². The molecular formula is C25H31N3O4S2. The number of aryl methyl sites for hydroxylation is 1. The number of aromatic nitrogens is 1. The molecule has 0 aliphatic carbocycles. The molecule has 34 heavy (non-hydrogen) atoms. The number of nitrogens with zero attached hydrogens (tertiary/aromatic N) is 3. The number of hydrogen-bond acceptors (Lipinski definition) is 6. The lowest BCUT2D eigenvalue weighted by molar-refractivity contribution is 0.0917. The van der Waals surface area contributed by atoms with Crippen LogP contribution in [-0.4, -0.2) is 56.0 Å². The van der Waals surface area contributed by atoms with Crippen LogP contribution >= 0.6 is 11.3 Å². The number of thiazole rings is 1. The maximum absolute atomic E-state index is 13.6. The summed E-state index contributed by atoms with van der Waals surface area (Å²) in [5, 5.41) is 0.635. The summed E-state index contributed by atoms with van der Waals surface area (Å²) in [6, 6.07) is 12.3. The van der Waals surface area contributed by atoms with Gasteiger partial charge in [0.2, 0.25) is 10.0 Å². The third-order valence-electron chi connectivity index (χ3n) is 6.20. The summed E-state index contributed by atoms with van der Waals surface area (Å²) >= 11 is 1.49. The molecule has 0 spiro atoms. The monoisotopic (exact) mass is 501 g/mol. The number of ether oxygens (including phenoxy) is 1. The van der Waals surface area contributed by atoms with E-state index in [0.29, 0.717) is 36.9 Å². The second-order valence-electron chi connectivity index (χ2n) is 8.28. The molecule has 0 bridgehead atoms. The quantitative estimate of drug-likeness (QED) is 0.424. The van der Waals surface area contributed by atoms with Crippen molar-refractivity contribution < 1.29 is 17.9 Å². The summed E-state index contributed by atoms with van der Waals surface area (Å²) in [6.45, 7) is 7.62. The van der Waals surface area contributed by atoms with Crippen molar-refractivity contribution in [3.05, 3.63) is 53.6 Å². The Balaban J connectivity index is 1.67. The predicted molar refractivity (Wildman–Crippen MR) is 136 cm³/mol. The van der Waals surface area contributed by atoms with Gasteiger partial charge < -0.3 is 4.74 Å². The van der Waals surface area contributed by atoms with Gasteiger partial charge in [-0.3, -0.25) is 9.69 Å². The first kappa shape index (κ1) is 24.8. The fraction of sp³-hybridized carbons (Fsp3) is 0.440. The van der Waals surface area contributed by atoms with Crippen LogP contribution < -0.4 is 4.90 Å². The molecule has 1 aliphatic heterocycles. The molecule has 1 saturated heterocycles. The zero-order valence-electron chi connectivity index (χ0n) is 19.9. The Hall–Kier alpha value is -2.33. The summed E-state index contributed by atoms with van der Waals surface area (Å²) in [5.74, 6) is -0.209. The molecule has 2 heterocycles. The molecule has 182 valence electrons. The second kappa shape index (κ2) is 10.5. The van der Waals surface area contributed by atoms with E-state index < -0.39 is 10.0 Å². The van der Waals surface area contributed by atoms with Gasteiger partial charge in [0.05, 0.1) is 27.8 Å². The van der Waals surface area contributed by atoms with Crippen LogP contribution in [0.5, 0.6) is 0 Å². The first-order chi connectivity index (χ1) is 16.4. The lowest BCUT2D eigenvalue weighted by Crippen LogP contribution is -2.37. The van der Waals surface area contributed by atoms with Gasteiger partial charge in [-0.25, -0.2) is 13.4 Å². The molecule has 0 saturated carbocycles. The molecule has 0 radical (unpaired) electrons. The minimum absolute atomic E-state index is 0.0380. The van der Waals surface area contributed by atoms with Crippen molar-refractivity contribution in [2.45, 2.75) is 51.0 Å². The maximum Gasteiger partial charge on any atom is 0.260 e. The van der Waals surface area contributed by atoms with Gasteiger partial charge in [-0.2, -0.15) is 4.31 Å². The van der Waals surface area contributed by atoms with Crippen molar-refractivity contribution in [1.29, 1.82) is 0 Å². The van der Waals surface area contributed by atoms with Gasteiger partial charge in [-0.15, -0.1) is 0 Å². The van der Waals surface area contributed by atoms with Crippen molar-refractivity contribution in [1.82, 2.24) is 9.29 Å². The van der Waals surface area contributed by atoms with Crippen LogP contribution in [0.3, 0.4) is 0 Å². The van der Waals surface area contributed by atoms with E-state index in [0.717, 1.165) is 35.0 Å². The van der Waals surface area contributed by atoms with Crippen LogP contribution in [0.4, 0.5) is 5.13 Å². The zero-order chi connectivity index (χ0) is 24.3. The minimum atomic E-state index is -3.58. The lowest BCUT2D eigenvalue weighted by atomic mass is 10.1. The molecule has 2 aromatic carbocycles. The highest BCUT2D eigenvalue weighted by atomic mass is 32.2. The standard InChI is InChI=1S/C25H31N3O4S2/c1-4-18-9-7-11-22-23(18)26-25(33-22)28(17-20-10-8-16-32-20)24(29)19-12-14-21(15-13-19)34(30,31)27(5-2)6-3/h7,9,11-15,20H,4-6,8,10,16-17H2,1-3H3. The van der Waals surface area contributed by atoms with Crippen molar-refractivity contribution >= 4 is 42.6 Å². The molecule has 1 fully saturated rings. The fourth-order valence-electron chi connectivity index (χ4n) is 4.27. The smallest absolute Gasteiger partial charge is 0.260 e. The number of hydrogen-bond donors (Lipinski definition) is 0. The topological polar surface area (TPSA) is 79.8 Å². The first-order valence-corrected chi connectivity index (χ1v) is 14.1. The second-order valence-corrected chi connectivity index (χ2v) is 11.2. The highest BCUT2D eigenvalue weighted by Crippen LogP contribution is 2.33. The summed E-state index contributed by atoms with van der Waals surface area (Å²) < 4.78 is 33.9. The summed E-state index contributed by atoms with van der Waals surface area (Å²) in [6.07, 6.45) is 2.70. The van der Waals surface area contributed by atoms with Crippen molar-refractivity contribution in [3.63, 3.8) is 0 Å². The molecule has 1 aliphatic rings. The molecular weight excluding hydrogens is 470 g/mol. The van der Waals surface area contributed by atoms with Crippen LogP contribution in [0.2, 0.25) is 0 Å². The van der Waals surface area contributed by atoms with Crippen LogP contribution in [0.1, 0.15) is 49.5 Å². The number of amides is 1. The molecule has 1 amide bonds. The predicted octanol–water partition coefficient (Wildman–Crippen LogP) is 4.72. The molecule has 0 N–H and O–H groups in total. The van der Waals surface area contributed by atoms with Crippen LogP contribution in [0.25, 0.3) is 10.2 Å². The van der Waals surface area contributed by atoms with Gasteiger partial charge in [0.1, 0.15) is 0 Å². The van der Waals surface area contributed by atoms with E-state index in [4.69, 9.17) is 9.72 Å². The molecule has 1 atom stereocenters. The van der Waals surface area contributed by atoms with Crippen LogP contribution in [0.15, 0.2) is 47.4 Å². The largest absolute Gasteiger partial charge is 0.376 e. The molecule has 3 aromatic rings. The van der Waals surface area contributed by atoms with E-state index in [1.54, 1.807) is 17.0 Å². The first-order valence-electron chi connectivity index (χ1n) is 11.8. The van der Waals surface area contributed by atoms with Gasteiger partial charge in [0.15, 0.2) is 5.13 Å². The van der Waals surface area contributed by atoms with Gasteiger partial charge >= 0.3 is 0 Å². The van der Waals surface area contributed by atoms with E-state index in [2.05, 4.69) is 13.0 Å². The van der Waals surface area contributed by atoms with E-state index >= 15 is 0 Å². The summed E-state index contributed by atoms with van der Waals surface area (Å²) in [7, 11) is -3.58. The van der Waals surface area contributed by atoms with Gasteiger partial charge in [-0.05, 0) is 55.2 Å². The third-order valence-corrected chi connectivity index (χ3v) is 9.31. The van der Waals surface area contributed by atoms with Crippen molar-refractivity contribution in [2.75, 3.05) is 31.1 Å². The Bertz CT molecular complexity index is 1240. The number of fused-ring (bicyclic) bond motifs is 1. The van der Waals surface area contributed by atoms with Crippen molar-refractivity contribution in [3.8, 4) is 0 Å². The van der Waals surface area contributed by atoms with E-state index in [1.807, 2.05) is 26.0 Å². The Morgan fingerprint density at radius 3 is 2.47 bits per heavy atom. The van der Waals surface area contributed by atoms with Gasteiger partial charge in [-0.1, -0.05) is 44.2 Å². The Kier molecular flexibility index (Phi) is 7.67. The lowest BCUT2D eigenvalue weighted by Gasteiger charge is -2.23. The van der Waals surface area contributed by atoms with Gasteiger partial charge in [0.25, 0.3) is 5.91 Å². The normalized spacial score (nSPS) is 16.4. The summed E-state index contributed by atoms with van der Waals surface area (Å²) in [4.78, 5) is 20.4. The number of carbonyl (C=O) groups is 1. The van der Waals surface area contributed by atoms with Crippen LogP contribution in [0, 0.1) is 0 Å². The average Bonchev–Trinajstić information content (AvgIpc) is 3.52. The Morgan fingerprint density at radius 1 is 1.12 bits per heavy atom. The SMILES string of the molecule is CCc1cccc2sc(N(CC3CCCO3)C(=O)c3ccc(S(=O)(=O)N(CC)CC)cc3)nc12. The number of rotatable bonds is 9. The molecule has 1 aromatic heterocycles. The van der Waals surface area contributed by atoms with E-state index in [9.17, 15) is 13.2 Å². The van der Waals surface area contributed by atoms with Crippen LogP contribution in [-0.2, 0) is 21.2 Å². The highest BCUT2D eigenvalue weighted by molar-refractivity contribution is 7.89. The number of para-hydroxylation sites is 1. The average molecular weight is 502 g/mol. The number of anilines is 1. The fourth-order valence-corrected chi connectivity index (χ4v) is 6.75. The van der Waals surface area contributed by atoms with Gasteiger partial charge in [0, 0.05) is 25.3 Å². The zero-order valence-corrected chi connectivity index (χ0v) is 21.5. The molecule has 1 unspecified atom stereocenters. The molecule has 4 rings (SSSR count). The number of sulfonamides is 1. The number of carbonyl (C=O) groups excluding carboxylic acids is 1. The van der Waals surface area contributed by atoms with E-state index in [-0.39, 0.29) is 16.9 Å². The molecule has 9 heteroatoms. The third kappa shape index (κ3) is 4.88. The highest BCUT2D eigenvalue weighted by Gasteiger charge is 2.28. The summed E-state index contributed by atoms with van der Waals surface area (Å²) in [5.41, 5.74) is 2.50. The number of benzene rings is 2. The molecule has 7 nitrogen and oxygen atoms in total. The maximum atomic E-state index is 13.6. The minimum Gasteiger partial charge on any atom is -0.376 e.